The van der Waals surface area contributed by atoms with Gasteiger partial charge in [0, 0.05) is 28.6 Å². The molecule has 4 nitrogen and oxygen atoms in total. The van der Waals surface area contributed by atoms with E-state index in [0.717, 1.165) is 0 Å². The number of aryl methyl sites for hydroxylation is 1. The van der Waals surface area contributed by atoms with Crippen LogP contribution in [0.25, 0.3) is 22.0 Å². The standard InChI is InChI=1S/C23H16ClFN2O2/c1-27-19-9-5-3-7-17(19)21(28)20(16-6-2-4-8-18(16)25)22(27)26-23(29)14-10-12-15(24)13-11-14/h2-13H,1H3,(H,26,29). The molecule has 4 rings (SSSR count). The Morgan fingerprint density at radius 3 is 2.34 bits per heavy atom. The zero-order valence-electron chi connectivity index (χ0n) is 15.4. The fourth-order valence-corrected chi connectivity index (χ4v) is 3.46. The van der Waals surface area contributed by atoms with Gasteiger partial charge in [-0.05, 0) is 42.5 Å². The van der Waals surface area contributed by atoms with Crippen molar-refractivity contribution in [3.05, 3.63) is 99.4 Å². The average molecular weight is 407 g/mol. The van der Waals surface area contributed by atoms with Crippen molar-refractivity contribution in [1.29, 1.82) is 0 Å². The molecule has 0 aliphatic carbocycles. The highest BCUT2D eigenvalue weighted by Gasteiger charge is 2.21. The third-order valence-electron chi connectivity index (χ3n) is 4.79. The number of nitrogens with one attached hydrogen (secondary N) is 1. The predicted molar refractivity (Wildman–Crippen MR) is 114 cm³/mol. The largest absolute Gasteiger partial charge is 0.330 e. The molecular weight excluding hydrogens is 391 g/mol. The van der Waals surface area contributed by atoms with Gasteiger partial charge >= 0.3 is 0 Å². The fourth-order valence-electron chi connectivity index (χ4n) is 3.33. The maximum Gasteiger partial charge on any atom is 0.256 e. The number of halogens is 2. The molecule has 1 amide bonds. The monoisotopic (exact) mass is 406 g/mol. The van der Waals surface area contributed by atoms with Gasteiger partial charge in [-0.1, -0.05) is 41.9 Å². The molecule has 0 aliphatic rings. The quantitative estimate of drug-likeness (QED) is 0.505. The van der Waals surface area contributed by atoms with Crippen molar-refractivity contribution in [2.45, 2.75) is 0 Å². The number of nitrogens with zero attached hydrogens (tertiary/aromatic N) is 1. The molecule has 0 atom stereocenters. The van der Waals surface area contributed by atoms with E-state index >= 15 is 0 Å². The Morgan fingerprint density at radius 2 is 1.62 bits per heavy atom. The van der Waals surface area contributed by atoms with Crippen molar-refractivity contribution < 1.29 is 9.18 Å². The third kappa shape index (κ3) is 3.41. The number of carbonyl (C=O) groups is 1. The van der Waals surface area contributed by atoms with E-state index in [1.807, 2.05) is 0 Å². The number of aromatic nitrogens is 1. The summed E-state index contributed by atoms with van der Waals surface area (Å²) >= 11 is 5.89. The lowest BCUT2D eigenvalue weighted by atomic mass is 10.0. The van der Waals surface area contributed by atoms with Crippen LogP contribution in [0.2, 0.25) is 5.02 Å². The van der Waals surface area contributed by atoms with E-state index in [1.54, 1.807) is 72.3 Å². The number of benzene rings is 3. The van der Waals surface area contributed by atoms with Crippen LogP contribution >= 0.6 is 11.6 Å². The number of pyridine rings is 1. The number of amides is 1. The van der Waals surface area contributed by atoms with Gasteiger partial charge in [-0.15, -0.1) is 0 Å². The van der Waals surface area contributed by atoms with Crippen LogP contribution in [0.3, 0.4) is 0 Å². The lowest BCUT2D eigenvalue weighted by molar-refractivity contribution is 0.102. The molecule has 0 saturated carbocycles. The average Bonchev–Trinajstić information content (AvgIpc) is 2.73. The number of fused-ring (bicyclic) bond motifs is 1. The van der Waals surface area contributed by atoms with Gasteiger partial charge in [-0.2, -0.15) is 0 Å². The Balaban J connectivity index is 1.96. The van der Waals surface area contributed by atoms with E-state index in [4.69, 9.17) is 11.6 Å². The van der Waals surface area contributed by atoms with Crippen LogP contribution in [-0.2, 0) is 7.05 Å². The highest BCUT2D eigenvalue weighted by Crippen LogP contribution is 2.30. The Labute approximate surface area is 171 Å². The van der Waals surface area contributed by atoms with Crippen LogP contribution in [0, 0.1) is 5.82 Å². The minimum atomic E-state index is -0.540. The van der Waals surface area contributed by atoms with Crippen molar-refractivity contribution in [3.8, 4) is 11.1 Å². The number of hydrogen-bond donors (Lipinski definition) is 1. The van der Waals surface area contributed by atoms with Crippen LogP contribution in [0.4, 0.5) is 10.2 Å². The van der Waals surface area contributed by atoms with Crippen molar-refractivity contribution in [1.82, 2.24) is 4.57 Å². The molecule has 0 unspecified atom stereocenters. The minimum Gasteiger partial charge on any atom is -0.330 e. The summed E-state index contributed by atoms with van der Waals surface area (Å²) in [5.41, 5.74) is 0.880. The van der Waals surface area contributed by atoms with Crippen LogP contribution < -0.4 is 10.7 Å². The molecule has 29 heavy (non-hydrogen) atoms. The Kier molecular flexibility index (Phi) is 4.91. The van der Waals surface area contributed by atoms with E-state index in [2.05, 4.69) is 5.32 Å². The Bertz CT molecular complexity index is 1300. The normalized spacial score (nSPS) is 10.9. The van der Waals surface area contributed by atoms with Crippen molar-refractivity contribution in [3.63, 3.8) is 0 Å². The lowest BCUT2D eigenvalue weighted by Gasteiger charge is -2.18. The molecule has 1 N–H and O–H groups in total. The molecule has 0 radical (unpaired) electrons. The van der Waals surface area contributed by atoms with Crippen LogP contribution in [0.1, 0.15) is 10.4 Å². The molecule has 0 spiro atoms. The highest BCUT2D eigenvalue weighted by molar-refractivity contribution is 6.30. The molecule has 0 saturated heterocycles. The lowest BCUT2D eigenvalue weighted by Crippen LogP contribution is -2.21. The van der Waals surface area contributed by atoms with Gasteiger partial charge in [0.05, 0.1) is 11.1 Å². The summed E-state index contributed by atoms with van der Waals surface area (Å²) in [5.74, 6) is -0.745. The smallest absolute Gasteiger partial charge is 0.256 e. The number of hydrogen-bond acceptors (Lipinski definition) is 2. The predicted octanol–water partition coefficient (Wildman–Crippen LogP) is 5.25. The zero-order chi connectivity index (χ0) is 20.5. The third-order valence-corrected chi connectivity index (χ3v) is 5.04. The number of carbonyl (C=O) groups excluding carboxylic acids is 1. The number of anilines is 1. The SMILES string of the molecule is Cn1c(NC(=O)c2ccc(Cl)cc2)c(-c2ccccc2F)c(=O)c2ccccc21. The zero-order valence-corrected chi connectivity index (χ0v) is 16.2. The van der Waals surface area contributed by atoms with E-state index in [1.165, 1.54) is 12.1 Å². The second kappa shape index (κ2) is 7.53. The second-order valence-electron chi connectivity index (χ2n) is 6.57. The van der Waals surface area contributed by atoms with Crippen molar-refractivity contribution in [2.24, 2.45) is 7.05 Å². The molecule has 4 aromatic rings. The first kappa shape index (κ1) is 18.9. The molecule has 144 valence electrons. The highest BCUT2D eigenvalue weighted by atomic mass is 35.5. The Hall–Kier alpha value is -3.44. The van der Waals surface area contributed by atoms with Crippen LogP contribution in [0.15, 0.2) is 77.6 Å². The van der Waals surface area contributed by atoms with Gasteiger partial charge in [0.2, 0.25) is 0 Å². The summed E-state index contributed by atoms with van der Waals surface area (Å²) in [4.78, 5) is 26.1. The molecule has 0 bridgehead atoms. The van der Waals surface area contributed by atoms with E-state index < -0.39 is 11.7 Å². The maximum absolute atomic E-state index is 14.6. The second-order valence-corrected chi connectivity index (χ2v) is 7.01. The molecule has 1 aromatic heterocycles. The van der Waals surface area contributed by atoms with Crippen molar-refractivity contribution >= 4 is 34.2 Å². The molecule has 0 aliphatic heterocycles. The first-order valence-corrected chi connectivity index (χ1v) is 9.28. The van der Waals surface area contributed by atoms with Crippen molar-refractivity contribution in [2.75, 3.05) is 5.32 Å². The fraction of sp³-hybridized carbons (Fsp3) is 0.0435. The summed E-state index contributed by atoms with van der Waals surface area (Å²) in [5, 5.41) is 3.74. The van der Waals surface area contributed by atoms with Gasteiger partial charge < -0.3 is 9.88 Å². The number of rotatable bonds is 3. The first-order valence-electron chi connectivity index (χ1n) is 8.91. The Morgan fingerprint density at radius 1 is 0.966 bits per heavy atom. The maximum atomic E-state index is 14.6. The number of para-hydroxylation sites is 1. The van der Waals surface area contributed by atoms with Gasteiger partial charge in [-0.25, -0.2) is 4.39 Å². The summed E-state index contributed by atoms with van der Waals surface area (Å²) < 4.78 is 16.3. The molecule has 6 heteroatoms. The molecule has 1 heterocycles. The van der Waals surface area contributed by atoms with Crippen LogP contribution in [0.5, 0.6) is 0 Å². The minimum absolute atomic E-state index is 0.103. The molecule has 0 fully saturated rings. The topological polar surface area (TPSA) is 51.1 Å². The summed E-state index contributed by atoms with van der Waals surface area (Å²) in [6, 6.07) is 19.4. The van der Waals surface area contributed by atoms with E-state index in [-0.39, 0.29) is 22.4 Å². The molecular formula is C23H16ClFN2O2. The summed E-state index contributed by atoms with van der Waals surface area (Å²) in [6.07, 6.45) is 0. The van der Waals surface area contributed by atoms with E-state index in [9.17, 15) is 14.0 Å². The van der Waals surface area contributed by atoms with Gasteiger partial charge in [-0.3, -0.25) is 9.59 Å². The van der Waals surface area contributed by atoms with Gasteiger partial charge in [0.25, 0.3) is 5.91 Å². The summed E-state index contributed by atoms with van der Waals surface area (Å²) in [6.45, 7) is 0. The van der Waals surface area contributed by atoms with Crippen LogP contribution in [-0.4, -0.2) is 10.5 Å². The van der Waals surface area contributed by atoms with Gasteiger partial charge in [0.1, 0.15) is 11.6 Å². The van der Waals surface area contributed by atoms with Gasteiger partial charge in [0.15, 0.2) is 5.43 Å². The van der Waals surface area contributed by atoms with E-state index in [0.29, 0.717) is 21.5 Å². The summed E-state index contributed by atoms with van der Waals surface area (Å²) in [7, 11) is 1.73. The molecule has 3 aromatic carbocycles. The first-order chi connectivity index (χ1) is 14.0.